The molecule has 2 rings (SSSR count). The number of nitrogens with two attached hydrogens (primary N) is 1. The summed E-state index contributed by atoms with van der Waals surface area (Å²) in [5.41, 5.74) is -0.0167. The fraction of sp³-hybridized carbons (Fsp3) is 0.231. The van der Waals surface area contributed by atoms with Crippen LogP contribution in [0.2, 0.25) is 0 Å². The highest BCUT2D eigenvalue weighted by Crippen LogP contribution is 2.42. The van der Waals surface area contributed by atoms with E-state index in [2.05, 4.69) is 0 Å². The maximum absolute atomic E-state index is 12.6. The summed E-state index contributed by atoms with van der Waals surface area (Å²) in [4.78, 5) is 1.57. The van der Waals surface area contributed by atoms with Gasteiger partial charge in [0.05, 0.1) is 4.90 Å². The van der Waals surface area contributed by atoms with E-state index in [1.165, 1.54) is 12.1 Å². The fourth-order valence-corrected chi connectivity index (χ4v) is 6.12. The van der Waals surface area contributed by atoms with E-state index in [0.717, 1.165) is 0 Å². The first-order chi connectivity index (χ1) is 10.5. The largest absolute Gasteiger partial charge is 0.505 e. The summed E-state index contributed by atoms with van der Waals surface area (Å²) < 4.78 is 47.9. The second-order valence-corrected chi connectivity index (χ2v) is 10.0. The maximum Gasteiger partial charge on any atom is 0.248 e. The van der Waals surface area contributed by atoms with Crippen LogP contribution in [0.4, 0.5) is 0 Å². The molecular formula is C13H16N2O5S3. The molecule has 23 heavy (non-hydrogen) atoms. The van der Waals surface area contributed by atoms with Crippen molar-refractivity contribution in [3.8, 4) is 5.75 Å². The number of sulfone groups is 1. The predicted molar refractivity (Wildman–Crippen MR) is 86.6 cm³/mol. The van der Waals surface area contributed by atoms with Crippen LogP contribution in [0.3, 0.4) is 0 Å². The van der Waals surface area contributed by atoms with E-state index in [1.807, 2.05) is 0 Å². The van der Waals surface area contributed by atoms with Crippen molar-refractivity contribution in [3.05, 3.63) is 35.9 Å². The molecular weight excluding hydrogens is 360 g/mol. The molecule has 2 aromatic rings. The number of hydrogen-bond donors (Lipinski definition) is 2. The van der Waals surface area contributed by atoms with E-state index < -0.39 is 29.8 Å². The Bertz CT molecular complexity index is 916. The van der Waals surface area contributed by atoms with Gasteiger partial charge in [0.1, 0.15) is 4.21 Å². The van der Waals surface area contributed by atoms with E-state index in [-0.39, 0.29) is 21.2 Å². The molecule has 0 saturated heterocycles. The number of aromatic hydroxyl groups is 1. The van der Waals surface area contributed by atoms with Crippen LogP contribution < -0.4 is 5.14 Å². The quantitative estimate of drug-likeness (QED) is 0.804. The molecule has 3 N–H and O–H groups in total. The molecule has 1 heterocycles. The molecule has 1 aromatic carbocycles. The van der Waals surface area contributed by atoms with Crippen molar-refractivity contribution < 1.29 is 21.9 Å². The Hall–Kier alpha value is -1.46. The van der Waals surface area contributed by atoms with Crippen molar-refractivity contribution in [1.82, 2.24) is 4.90 Å². The summed E-state index contributed by atoms with van der Waals surface area (Å²) in [6.45, 7) is 0.0401. The second-order valence-electron chi connectivity index (χ2n) is 5.10. The van der Waals surface area contributed by atoms with Crippen molar-refractivity contribution in [2.45, 2.75) is 19.9 Å². The Balaban J connectivity index is 2.73. The molecule has 0 saturated carbocycles. The van der Waals surface area contributed by atoms with Crippen LogP contribution >= 0.6 is 11.3 Å². The Labute approximate surface area is 139 Å². The number of sulfonamides is 1. The van der Waals surface area contributed by atoms with Crippen LogP contribution in [0.25, 0.3) is 0 Å². The number of rotatable bonds is 5. The van der Waals surface area contributed by atoms with Gasteiger partial charge in [-0.05, 0) is 26.2 Å². The van der Waals surface area contributed by atoms with Gasteiger partial charge in [-0.25, -0.2) is 22.0 Å². The average molecular weight is 376 g/mol. The molecule has 0 radical (unpaired) electrons. The van der Waals surface area contributed by atoms with Gasteiger partial charge in [0.25, 0.3) is 0 Å². The SMILES string of the molecule is CN(C)Cc1c(S(N)(=O)=O)sc(S(=O)(=O)c2ccccc2)c1O. The minimum Gasteiger partial charge on any atom is -0.505 e. The lowest BCUT2D eigenvalue weighted by Gasteiger charge is -2.10. The first-order valence-corrected chi connectivity index (χ1v) is 10.2. The molecule has 0 aliphatic heterocycles. The monoisotopic (exact) mass is 376 g/mol. The molecule has 10 heteroatoms. The number of nitrogens with zero attached hydrogens (tertiary/aromatic N) is 1. The molecule has 0 atom stereocenters. The van der Waals surface area contributed by atoms with Gasteiger partial charge in [0.2, 0.25) is 19.9 Å². The summed E-state index contributed by atoms with van der Waals surface area (Å²) >= 11 is 0.459. The highest BCUT2D eigenvalue weighted by Gasteiger charge is 2.32. The van der Waals surface area contributed by atoms with Crippen molar-refractivity contribution in [3.63, 3.8) is 0 Å². The van der Waals surface area contributed by atoms with Gasteiger partial charge >= 0.3 is 0 Å². The third-order valence-electron chi connectivity index (χ3n) is 2.94. The smallest absolute Gasteiger partial charge is 0.248 e. The van der Waals surface area contributed by atoms with Crippen LogP contribution in [0.15, 0.2) is 43.6 Å². The molecule has 1 aromatic heterocycles. The van der Waals surface area contributed by atoms with Crippen LogP contribution in [0.1, 0.15) is 5.56 Å². The summed E-state index contributed by atoms with van der Waals surface area (Å²) in [6, 6.07) is 7.48. The normalized spacial score (nSPS) is 12.7. The zero-order valence-corrected chi connectivity index (χ0v) is 14.9. The number of benzene rings is 1. The van der Waals surface area contributed by atoms with Gasteiger partial charge in [0, 0.05) is 12.1 Å². The summed E-state index contributed by atoms with van der Waals surface area (Å²) in [6.07, 6.45) is 0. The van der Waals surface area contributed by atoms with Crippen LogP contribution in [0.5, 0.6) is 5.75 Å². The Morgan fingerprint density at radius 1 is 1.09 bits per heavy atom. The van der Waals surface area contributed by atoms with Gasteiger partial charge in [-0.1, -0.05) is 18.2 Å². The maximum atomic E-state index is 12.6. The van der Waals surface area contributed by atoms with Gasteiger partial charge < -0.3 is 10.0 Å². The lowest BCUT2D eigenvalue weighted by atomic mass is 10.3. The number of thiophene rings is 1. The first-order valence-electron chi connectivity index (χ1n) is 6.37. The minimum absolute atomic E-state index is 0.0167. The average Bonchev–Trinajstić information content (AvgIpc) is 2.77. The van der Waals surface area contributed by atoms with E-state index in [4.69, 9.17) is 5.14 Å². The molecule has 0 amide bonds. The van der Waals surface area contributed by atoms with E-state index in [1.54, 1.807) is 37.2 Å². The molecule has 0 unspecified atom stereocenters. The van der Waals surface area contributed by atoms with Crippen molar-refractivity contribution in [2.24, 2.45) is 5.14 Å². The van der Waals surface area contributed by atoms with E-state index in [9.17, 15) is 21.9 Å². The Morgan fingerprint density at radius 3 is 2.13 bits per heavy atom. The van der Waals surface area contributed by atoms with Crippen molar-refractivity contribution in [1.29, 1.82) is 0 Å². The van der Waals surface area contributed by atoms with Crippen molar-refractivity contribution in [2.75, 3.05) is 14.1 Å². The van der Waals surface area contributed by atoms with Gasteiger partial charge in [-0.15, -0.1) is 11.3 Å². The van der Waals surface area contributed by atoms with E-state index in [0.29, 0.717) is 11.3 Å². The number of hydrogen-bond acceptors (Lipinski definition) is 7. The zero-order valence-electron chi connectivity index (χ0n) is 12.4. The van der Waals surface area contributed by atoms with E-state index >= 15 is 0 Å². The first kappa shape index (κ1) is 17.9. The highest BCUT2D eigenvalue weighted by molar-refractivity contribution is 7.95. The molecule has 0 fully saturated rings. The summed E-state index contributed by atoms with van der Waals surface area (Å²) in [5, 5.41) is 15.5. The van der Waals surface area contributed by atoms with Gasteiger partial charge in [-0.3, -0.25) is 0 Å². The Morgan fingerprint density at radius 2 is 1.65 bits per heavy atom. The predicted octanol–water partition coefficient (Wildman–Crippen LogP) is 0.996. The number of primary sulfonamides is 1. The van der Waals surface area contributed by atoms with Crippen LogP contribution in [-0.2, 0) is 26.4 Å². The Kier molecular flexibility index (Phi) is 4.83. The molecule has 0 aliphatic carbocycles. The highest BCUT2D eigenvalue weighted by atomic mass is 32.3. The third-order valence-corrected chi connectivity index (χ3v) is 7.94. The van der Waals surface area contributed by atoms with Gasteiger partial charge in [0.15, 0.2) is 9.96 Å². The summed E-state index contributed by atoms with van der Waals surface area (Å²) in [5.74, 6) is -0.573. The molecule has 7 nitrogen and oxygen atoms in total. The van der Waals surface area contributed by atoms with Gasteiger partial charge in [-0.2, -0.15) is 0 Å². The lowest BCUT2D eigenvalue weighted by molar-refractivity contribution is 0.380. The minimum atomic E-state index is -4.16. The second kappa shape index (κ2) is 6.21. The standard InChI is InChI=1S/C13H16N2O5S3/c1-15(2)8-10-11(16)13(21-12(10)23(14,19)20)22(17,18)9-6-4-3-5-7-9/h3-7,16H,8H2,1-2H3,(H2,14,19,20). The third kappa shape index (κ3) is 3.56. The fourth-order valence-electron chi connectivity index (χ4n) is 1.99. The van der Waals surface area contributed by atoms with Crippen molar-refractivity contribution >= 4 is 31.2 Å². The zero-order chi connectivity index (χ0) is 17.4. The van der Waals surface area contributed by atoms with Crippen LogP contribution in [0, 0.1) is 0 Å². The molecule has 0 aliphatic rings. The summed E-state index contributed by atoms with van der Waals surface area (Å²) in [7, 11) is -4.87. The molecule has 0 bridgehead atoms. The topological polar surface area (TPSA) is 118 Å². The molecule has 126 valence electrons. The van der Waals surface area contributed by atoms with Crippen LogP contribution in [-0.4, -0.2) is 40.9 Å². The lowest BCUT2D eigenvalue weighted by Crippen LogP contribution is -2.16. The molecule has 0 spiro atoms.